The molecule has 1 aromatic carbocycles. The summed E-state index contributed by atoms with van der Waals surface area (Å²) in [6, 6.07) is 9.57. The summed E-state index contributed by atoms with van der Waals surface area (Å²) < 4.78 is 16.4. The Morgan fingerprint density at radius 2 is 2.11 bits per heavy atom. The summed E-state index contributed by atoms with van der Waals surface area (Å²) in [6.07, 6.45) is 4.99. The molecule has 1 saturated heterocycles. The van der Waals surface area contributed by atoms with E-state index in [9.17, 15) is 4.79 Å². The van der Waals surface area contributed by atoms with Crippen molar-refractivity contribution in [3.8, 4) is 17.2 Å². The Morgan fingerprint density at radius 3 is 2.89 bits per heavy atom. The van der Waals surface area contributed by atoms with Crippen molar-refractivity contribution in [1.29, 1.82) is 0 Å². The smallest absolute Gasteiger partial charge is 0.260 e. The highest BCUT2D eigenvalue weighted by atomic mass is 16.7. The fourth-order valence-electron chi connectivity index (χ4n) is 3.51. The van der Waals surface area contributed by atoms with Gasteiger partial charge in [-0.3, -0.25) is 14.7 Å². The first-order chi connectivity index (χ1) is 13.7. The molecule has 2 aliphatic heterocycles. The van der Waals surface area contributed by atoms with Gasteiger partial charge in [-0.2, -0.15) is 0 Å². The molecule has 7 heteroatoms. The topological polar surface area (TPSA) is 72.9 Å². The van der Waals surface area contributed by atoms with E-state index in [2.05, 4.69) is 21.3 Å². The molecule has 1 N–H and O–H groups in total. The van der Waals surface area contributed by atoms with Crippen molar-refractivity contribution in [2.24, 2.45) is 0 Å². The molecule has 0 spiro atoms. The van der Waals surface area contributed by atoms with Crippen LogP contribution in [0.3, 0.4) is 0 Å². The van der Waals surface area contributed by atoms with Crippen LogP contribution in [0.5, 0.6) is 17.2 Å². The quantitative estimate of drug-likeness (QED) is 0.826. The maximum atomic E-state index is 12.5. The standard InChI is InChI=1S/C21H25N3O4/c1-15(28-18-4-5-19-20(11-18)27-14-26-19)21(25)23-17-6-9-24(10-7-17)13-16-3-2-8-22-12-16/h2-5,8,11-12,15,17H,6-7,9-10,13-14H2,1H3,(H,23,25)/t15-/m1/s1. The van der Waals surface area contributed by atoms with Gasteiger partial charge in [-0.15, -0.1) is 0 Å². The lowest BCUT2D eigenvalue weighted by atomic mass is 10.0. The highest BCUT2D eigenvalue weighted by Crippen LogP contribution is 2.35. The average Bonchev–Trinajstić information content (AvgIpc) is 3.18. The van der Waals surface area contributed by atoms with Crippen molar-refractivity contribution in [3.05, 3.63) is 48.3 Å². The van der Waals surface area contributed by atoms with Crippen molar-refractivity contribution < 1.29 is 19.0 Å². The number of fused-ring (bicyclic) bond motifs is 1. The third-order valence-electron chi connectivity index (χ3n) is 5.09. The predicted octanol–water partition coefficient (Wildman–Crippen LogP) is 2.36. The minimum absolute atomic E-state index is 0.0941. The summed E-state index contributed by atoms with van der Waals surface area (Å²) in [4.78, 5) is 19.1. The Hall–Kier alpha value is -2.80. The number of nitrogens with one attached hydrogen (secondary N) is 1. The Labute approximate surface area is 164 Å². The van der Waals surface area contributed by atoms with Crippen LogP contribution in [0.2, 0.25) is 0 Å². The number of nitrogens with zero attached hydrogens (tertiary/aromatic N) is 2. The molecule has 0 radical (unpaired) electrons. The number of benzene rings is 1. The number of hydrogen-bond acceptors (Lipinski definition) is 6. The number of carbonyl (C=O) groups is 1. The second-order valence-corrected chi connectivity index (χ2v) is 7.20. The molecule has 28 heavy (non-hydrogen) atoms. The zero-order chi connectivity index (χ0) is 19.3. The van der Waals surface area contributed by atoms with Crippen LogP contribution in [0, 0.1) is 0 Å². The molecular weight excluding hydrogens is 358 g/mol. The second kappa shape index (κ2) is 8.48. The fraction of sp³-hybridized carbons (Fsp3) is 0.429. The molecule has 3 heterocycles. The number of likely N-dealkylation sites (tertiary alicyclic amines) is 1. The number of rotatable bonds is 6. The molecule has 148 valence electrons. The van der Waals surface area contributed by atoms with E-state index >= 15 is 0 Å². The molecule has 1 atom stereocenters. The Bertz CT molecular complexity index is 807. The first-order valence-corrected chi connectivity index (χ1v) is 9.65. The zero-order valence-corrected chi connectivity index (χ0v) is 16.0. The molecule has 7 nitrogen and oxygen atoms in total. The largest absolute Gasteiger partial charge is 0.481 e. The maximum absolute atomic E-state index is 12.5. The third kappa shape index (κ3) is 4.54. The molecular formula is C21H25N3O4. The van der Waals surface area contributed by atoms with Crippen LogP contribution in [0.25, 0.3) is 0 Å². The molecule has 0 saturated carbocycles. The molecule has 0 aliphatic carbocycles. The lowest BCUT2D eigenvalue weighted by Crippen LogP contribution is -2.47. The van der Waals surface area contributed by atoms with E-state index in [1.807, 2.05) is 12.3 Å². The fourth-order valence-corrected chi connectivity index (χ4v) is 3.51. The zero-order valence-electron chi connectivity index (χ0n) is 16.0. The summed E-state index contributed by atoms with van der Waals surface area (Å²) in [6.45, 7) is 4.79. The molecule has 1 amide bonds. The van der Waals surface area contributed by atoms with Crippen LogP contribution in [0.4, 0.5) is 0 Å². The van der Waals surface area contributed by atoms with Gasteiger partial charge in [0.05, 0.1) is 0 Å². The summed E-state index contributed by atoms with van der Waals surface area (Å²) in [7, 11) is 0. The summed E-state index contributed by atoms with van der Waals surface area (Å²) in [5, 5.41) is 3.12. The highest BCUT2D eigenvalue weighted by Gasteiger charge is 2.24. The van der Waals surface area contributed by atoms with E-state index in [1.165, 1.54) is 5.56 Å². The van der Waals surface area contributed by atoms with Gasteiger partial charge in [0.1, 0.15) is 5.75 Å². The number of ether oxygens (including phenoxy) is 3. The lowest BCUT2D eigenvalue weighted by Gasteiger charge is -2.32. The van der Waals surface area contributed by atoms with E-state index in [1.54, 1.807) is 31.3 Å². The van der Waals surface area contributed by atoms with E-state index < -0.39 is 6.10 Å². The molecule has 0 unspecified atom stereocenters. The number of aromatic nitrogens is 1. The van der Waals surface area contributed by atoms with Gasteiger partial charge in [0.2, 0.25) is 6.79 Å². The van der Waals surface area contributed by atoms with Gasteiger partial charge < -0.3 is 19.5 Å². The van der Waals surface area contributed by atoms with Crippen LogP contribution in [-0.4, -0.2) is 47.8 Å². The molecule has 4 rings (SSSR count). The molecule has 1 aromatic heterocycles. The highest BCUT2D eigenvalue weighted by molar-refractivity contribution is 5.81. The summed E-state index contributed by atoms with van der Waals surface area (Å²) in [5.41, 5.74) is 1.22. The minimum Gasteiger partial charge on any atom is -0.481 e. The van der Waals surface area contributed by atoms with Crippen molar-refractivity contribution in [2.45, 2.75) is 38.5 Å². The van der Waals surface area contributed by atoms with Crippen molar-refractivity contribution in [1.82, 2.24) is 15.2 Å². The number of piperidine rings is 1. The van der Waals surface area contributed by atoms with Crippen molar-refractivity contribution >= 4 is 5.91 Å². The van der Waals surface area contributed by atoms with Crippen LogP contribution in [0.15, 0.2) is 42.7 Å². The van der Waals surface area contributed by atoms with Crippen LogP contribution >= 0.6 is 0 Å². The number of pyridine rings is 1. The lowest BCUT2D eigenvalue weighted by molar-refractivity contribution is -0.128. The van der Waals surface area contributed by atoms with Gasteiger partial charge in [-0.05, 0) is 43.5 Å². The van der Waals surface area contributed by atoms with E-state index in [0.29, 0.717) is 17.2 Å². The monoisotopic (exact) mass is 383 g/mol. The Balaban J connectivity index is 1.23. The van der Waals surface area contributed by atoms with Crippen molar-refractivity contribution in [3.63, 3.8) is 0 Å². The third-order valence-corrected chi connectivity index (χ3v) is 5.09. The Kier molecular flexibility index (Phi) is 5.62. The minimum atomic E-state index is -0.575. The maximum Gasteiger partial charge on any atom is 0.260 e. The van der Waals surface area contributed by atoms with Gasteiger partial charge in [0, 0.05) is 44.1 Å². The van der Waals surface area contributed by atoms with Crippen LogP contribution in [-0.2, 0) is 11.3 Å². The van der Waals surface area contributed by atoms with Gasteiger partial charge >= 0.3 is 0 Å². The summed E-state index contributed by atoms with van der Waals surface area (Å²) in [5.74, 6) is 1.84. The summed E-state index contributed by atoms with van der Waals surface area (Å²) >= 11 is 0. The average molecular weight is 383 g/mol. The van der Waals surface area contributed by atoms with E-state index in [-0.39, 0.29) is 18.7 Å². The Morgan fingerprint density at radius 1 is 1.29 bits per heavy atom. The van der Waals surface area contributed by atoms with E-state index in [0.717, 1.165) is 32.5 Å². The first kappa shape index (κ1) is 18.6. The first-order valence-electron chi connectivity index (χ1n) is 9.65. The van der Waals surface area contributed by atoms with Gasteiger partial charge in [0.25, 0.3) is 5.91 Å². The predicted molar refractivity (Wildman–Crippen MR) is 103 cm³/mol. The molecule has 2 aliphatic rings. The van der Waals surface area contributed by atoms with E-state index in [4.69, 9.17) is 14.2 Å². The van der Waals surface area contributed by atoms with Crippen LogP contribution in [0.1, 0.15) is 25.3 Å². The van der Waals surface area contributed by atoms with Crippen LogP contribution < -0.4 is 19.5 Å². The van der Waals surface area contributed by atoms with Crippen molar-refractivity contribution in [2.75, 3.05) is 19.9 Å². The van der Waals surface area contributed by atoms with Gasteiger partial charge in [-0.1, -0.05) is 6.07 Å². The second-order valence-electron chi connectivity index (χ2n) is 7.20. The number of hydrogen-bond donors (Lipinski definition) is 1. The van der Waals surface area contributed by atoms with Gasteiger partial charge in [0.15, 0.2) is 17.6 Å². The number of amides is 1. The normalized spacial score (nSPS) is 17.9. The number of carbonyl (C=O) groups excluding carboxylic acids is 1. The SMILES string of the molecule is C[C@@H](Oc1ccc2c(c1)OCO2)C(=O)NC1CCN(Cc2cccnc2)CC1. The molecule has 1 fully saturated rings. The molecule has 2 aromatic rings. The van der Waals surface area contributed by atoms with Gasteiger partial charge in [-0.25, -0.2) is 0 Å². The molecule has 0 bridgehead atoms.